The molecule has 0 amide bonds. The fraction of sp³-hybridized carbons (Fsp3) is 0.471. The fourth-order valence-electron chi connectivity index (χ4n) is 1.66. The van der Waals surface area contributed by atoms with E-state index in [1.165, 1.54) is 5.56 Å². The molecule has 1 nitrogen and oxygen atoms in total. The van der Waals surface area contributed by atoms with Crippen molar-refractivity contribution in [3.63, 3.8) is 0 Å². The third kappa shape index (κ3) is 7.64. The normalized spacial score (nSPS) is 13.1. The molecule has 1 aromatic carbocycles. The number of rotatable bonds is 5. The lowest BCUT2D eigenvalue weighted by atomic mass is 10.1. The van der Waals surface area contributed by atoms with Gasteiger partial charge < -0.3 is 0 Å². The molecule has 0 unspecified atom stereocenters. The van der Waals surface area contributed by atoms with E-state index in [0.29, 0.717) is 0 Å². The Hall–Kier alpha value is -1.33. The SMILES string of the molecule is C[C@@H](N=CCCCC#C[Si](C)(C)C)c1ccccc1. The molecular weight excluding hydrogens is 246 g/mol. The molecule has 1 rings (SSSR count). The summed E-state index contributed by atoms with van der Waals surface area (Å²) in [5.41, 5.74) is 4.67. The Morgan fingerprint density at radius 1 is 1.21 bits per heavy atom. The van der Waals surface area contributed by atoms with E-state index in [4.69, 9.17) is 0 Å². The van der Waals surface area contributed by atoms with Gasteiger partial charge in [0, 0.05) is 6.42 Å². The minimum atomic E-state index is -1.18. The summed E-state index contributed by atoms with van der Waals surface area (Å²) >= 11 is 0. The highest BCUT2D eigenvalue weighted by Crippen LogP contribution is 2.15. The lowest BCUT2D eigenvalue weighted by molar-refractivity contribution is 0.813. The summed E-state index contributed by atoms with van der Waals surface area (Å²) in [5, 5.41) is 0. The molecule has 0 aliphatic rings. The number of unbranched alkanes of at least 4 members (excludes halogenated alkanes) is 2. The van der Waals surface area contributed by atoms with Crippen molar-refractivity contribution in [3.05, 3.63) is 35.9 Å². The topological polar surface area (TPSA) is 12.4 Å². The molecule has 0 saturated heterocycles. The van der Waals surface area contributed by atoms with Crippen LogP contribution < -0.4 is 0 Å². The average Bonchev–Trinajstić information content (AvgIpc) is 2.37. The quantitative estimate of drug-likeness (QED) is 0.313. The molecular formula is C17H25NSi. The van der Waals surface area contributed by atoms with Crippen LogP contribution in [0.1, 0.15) is 37.8 Å². The Morgan fingerprint density at radius 2 is 1.89 bits per heavy atom. The van der Waals surface area contributed by atoms with Gasteiger partial charge in [0.25, 0.3) is 0 Å². The Labute approximate surface area is 119 Å². The molecule has 0 radical (unpaired) electrons. The molecule has 0 N–H and O–H groups in total. The van der Waals surface area contributed by atoms with E-state index in [1.807, 2.05) is 12.3 Å². The van der Waals surface area contributed by atoms with Gasteiger partial charge in [-0.05, 0) is 31.5 Å². The highest BCUT2D eigenvalue weighted by Gasteiger charge is 2.06. The lowest BCUT2D eigenvalue weighted by Gasteiger charge is -2.05. The Bertz CT molecular complexity index is 446. The highest BCUT2D eigenvalue weighted by molar-refractivity contribution is 6.83. The largest absolute Gasteiger partial charge is 0.290 e. The van der Waals surface area contributed by atoms with Gasteiger partial charge in [0.15, 0.2) is 0 Å². The van der Waals surface area contributed by atoms with Gasteiger partial charge in [0.1, 0.15) is 8.07 Å². The van der Waals surface area contributed by atoms with Crippen LogP contribution in [0.3, 0.4) is 0 Å². The monoisotopic (exact) mass is 271 g/mol. The molecule has 0 aromatic heterocycles. The van der Waals surface area contributed by atoms with E-state index in [1.54, 1.807) is 0 Å². The van der Waals surface area contributed by atoms with Crippen molar-refractivity contribution in [3.8, 4) is 11.5 Å². The zero-order valence-electron chi connectivity index (χ0n) is 12.6. The van der Waals surface area contributed by atoms with Crippen LogP contribution >= 0.6 is 0 Å². The van der Waals surface area contributed by atoms with Crippen LogP contribution in [0.15, 0.2) is 35.3 Å². The summed E-state index contributed by atoms with van der Waals surface area (Å²) < 4.78 is 0. The Kier molecular flexibility index (Phi) is 6.59. The smallest absolute Gasteiger partial charge is 0.129 e. The number of hydrogen-bond acceptors (Lipinski definition) is 1. The molecule has 0 spiro atoms. The summed E-state index contributed by atoms with van der Waals surface area (Å²) in [4.78, 5) is 4.58. The predicted octanol–water partition coefficient (Wildman–Crippen LogP) is 4.87. The zero-order chi connectivity index (χ0) is 14.1. The molecule has 2 heteroatoms. The Balaban J connectivity index is 2.26. The summed E-state index contributed by atoms with van der Waals surface area (Å²) in [7, 11) is -1.18. The van der Waals surface area contributed by atoms with Crippen molar-refractivity contribution in [2.24, 2.45) is 4.99 Å². The predicted molar refractivity (Wildman–Crippen MR) is 88.3 cm³/mol. The maximum Gasteiger partial charge on any atom is 0.129 e. The van der Waals surface area contributed by atoms with Crippen LogP contribution in [-0.2, 0) is 0 Å². The first kappa shape index (κ1) is 15.7. The molecule has 0 fully saturated rings. The molecule has 0 saturated carbocycles. The van der Waals surface area contributed by atoms with E-state index in [0.717, 1.165) is 19.3 Å². The van der Waals surface area contributed by atoms with E-state index in [2.05, 4.69) is 67.3 Å². The number of aliphatic imine (C=N–C) groups is 1. The van der Waals surface area contributed by atoms with E-state index in [-0.39, 0.29) is 6.04 Å². The first-order valence-electron chi connectivity index (χ1n) is 7.05. The minimum Gasteiger partial charge on any atom is -0.290 e. The fourth-order valence-corrected chi connectivity index (χ4v) is 2.32. The first-order chi connectivity index (χ1) is 8.99. The molecule has 0 bridgehead atoms. The summed E-state index contributed by atoms with van der Waals surface area (Å²) in [6.07, 6.45) is 5.18. The average molecular weight is 271 g/mol. The van der Waals surface area contributed by atoms with Crippen molar-refractivity contribution >= 4 is 14.3 Å². The molecule has 0 heterocycles. The van der Waals surface area contributed by atoms with Gasteiger partial charge in [0.05, 0.1) is 6.04 Å². The minimum absolute atomic E-state index is 0.259. The summed E-state index contributed by atoms with van der Waals surface area (Å²) in [6, 6.07) is 10.7. The third-order valence-corrected chi connectivity index (χ3v) is 3.64. The van der Waals surface area contributed by atoms with Crippen molar-refractivity contribution in [2.45, 2.75) is 51.9 Å². The molecule has 1 atom stereocenters. The lowest BCUT2D eigenvalue weighted by Crippen LogP contribution is -2.16. The number of hydrogen-bond donors (Lipinski definition) is 0. The zero-order valence-corrected chi connectivity index (χ0v) is 13.6. The second-order valence-corrected chi connectivity index (χ2v) is 10.6. The molecule has 19 heavy (non-hydrogen) atoms. The molecule has 102 valence electrons. The van der Waals surface area contributed by atoms with Crippen LogP contribution in [0.2, 0.25) is 19.6 Å². The molecule has 0 aliphatic heterocycles. The Morgan fingerprint density at radius 3 is 2.53 bits per heavy atom. The van der Waals surface area contributed by atoms with Crippen LogP contribution in [0, 0.1) is 11.5 Å². The van der Waals surface area contributed by atoms with Crippen molar-refractivity contribution in [1.29, 1.82) is 0 Å². The van der Waals surface area contributed by atoms with E-state index >= 15 is 0 Å². The second kappa shape index (κ2) is 7.96. The molecule has 0 aliphatic carbocycles. The third-order valence-electron chi connectivity index (χ3n) is 2.71. The van der Waals surface area contributed by atoms with Crippen LogP contribution in [-0.4, -0.2) is 14.3 Å². The second-order valence-electron chi connectivity index (χ2n) is 5.86. The van der Waals surface area contributed by atoms with Gasteiger partial charge >= 0.3 is 0 Å². The van der Waals surface area contributed by atoms with Gasteiger partial charge in [-0.25, -0.2) is 0 Å². The maximum atomic E-state index is 4.58. The van der Waals surface area contributed by atoms with Crippen LogP contribution in [0.5, 0.6) is 0 Å². The maximum absolute atomic E-state index is 4.58. The van der Waals surface area contributed by atoms with Crippen LogP contribution in [0.25, 0.3) is 0 Å². The van der Waals surface area contributed by atoms with Gasteiger partial charge in [-0.1, -0.05) is 50.0 Å². The van der Waals surface area contributed by atoms with Gasteiger partial charge in [-0.15, -0.1) is 11.5 Å². The first-order valence-corrected chi connectivity index (χ1v) is 10.6. The summed E-state index contributed by atoms with van der Waals surface area (Å²) in [5.74, 6) is 3.30. The van der Waals surface area contributed by atoms with Gasteiger partial charge in [-0.2, -0.15) is 0 Å². The highest BCUT2D eigenvalue weighted by atomic mass is 28.3. The van der Waals surface area contributed by atoms with E-state index in [9.17, 15) is 0 Å². The summed E-state index contributed by atoms with van der Waals surface area (Å²) in [6.45, 7) is 8.98. The van der Waals surface area contributed by atoms with E-state index < -0.39 is 8.07 Å². The van der Waals surface area contributed by atoms with Crippen LogP contribution in [0.4, 0.5) is 0 Å². The van der Waals surface area contributed by atoms with Gasteiger partial charge in [0.2, 0.25) is 0 Å². The standard InChI is InChI=1S/C17H25NSi/c1-16(17-12-8-7-9-13-17)18-14-10-5-6-11-15-19(2,3)4/h7-9,12-14,16H,5-6,10H2,1-4H3/t16-/m1/s1. The van der Waals surface area contributed by atoms with Crippen molar-refractivity contribution in [2.75, 3.05) is 0 Å². The van der Waals surface area contributed by atoms with Crippen molar-refractivity contribution in [1.82, 2.24) is 0 Å². The molecule has 1 aromatic rings. The number of nitrogens with zero attached hydrogens (tertiary/aromatic N) is 1. The number of benzene rings is 1. The van der Waals surface area contributed by atoms with Crippen molar-refractivity contribution < 1.29 is 0 Å². The van der Waals surface area contributed by atoms with Gasteiger partial charge in [-0.3, -0.25) is 4.99 Å².